The normalized spacial score (nSPS) is 26.6. The Balaban J connectivity index is 1.52. The molecule has 0 bridgehead atoms. The molecule has 2 N–H and O–H groups in total. The van der Waals surface area contributed by atoms with Gasteiger partial charge < -0.3 is 19.9 Å². The van der Waals surface area contributed by atoms with Gasteiger partial charge in [-0.15, -0.1) is 0 Å². The van der Waals surface area contributed by atoms with Gasteiger partial charge in [0.05, 0.1) is 21.7 Å². The molecule has 2 heterocycles. The van der Waals surface area contributed by atoms with E-state index in [-0.39, 0.29) is 24.8 Å². The van der Waals surface area contributed by atoms with Crippen LogP contribution in [0.15, 0.2) is 24.4 Å². The fourth-order valence-electron chi connectivity index (χ4n) is 4.97. The van der Waals surface area contributed by atoms with Crippen molar-refractivity contribution < 1.29 is 19.1 Å². The Morgan fingerprint density at radius 3 is 2.81 bits per heavy atom. The summed E-state index contributed by atoms with van der Waals surface area (Å²) >= 11 is 6.43. The minimum absolute atomic E-state index is 0.00661. The Kier molecular flexibility index (Phi) is 6.01. The van der Waals surface area contributed by atoms with E-state index in [0.29, 0.717) is 54.7 Å². The van der Waals surface area contributed by atoms with Crippen molar-refractivity contribution in [3.63, 3.8) is 0 Å². The highest BCUT2D eigenvalue weighted by Crippen LogP contribution is 2.37. The van der Waals surface area contributed by atoms with Gasteiger partial charge in [-0.1, -0.05) is 17.7 Å². The van der Waals surface area contributed by atoms with Crippen molar-refractivity contribution in [2.75, 3.05) is 19.6 Å². The molecule has 2 aliphatic rings. The summed E-state index contributed by atoms with van der Waals surface area (Å²) in [5, 5.41) is 14.7. The van der Waals surface area contributed by atoms with Crippen LogP contribution in [-0.2, 0) is 11.3 Å². The lowest BCUT2D eigenvalue weighted by Gasteiger charge is -2.38. The van der Waals surface area contributed by atoms with Crippen LogP contribution in [0.5, 0.6) is 0 Å². The number of nitrogens with zero attached hydrogens (tertiary/aromatic N) is 2. The molecule has 2 amide bonds. The minimum atomic E-state index is -1.43. The molecule has 31 heavy (non-hydrogen) atoms. The van der Waals surface area contributed by atoms with E-state index in [1.165, 1.54) is 6.92 Å². The highest BCUT2D eigenvalue weighted by Gasteiger charge is 2.41. The number of likely N-dealkylation sites (tertiary alicyclic amines) is 1. The molecule has 1 unspecified atom stereocenters. The zero-order valence-corrected chi connectivity index (χ0v) is 18.6. The number of rotatable bonds is 6. The summed E-state index contributed by atoms with van der Waals surface area (Å²) in [6, 6.07) is 5.46. The molecule has 6 nitrogen and oxygen atoms in total. The Labute approximate surface area is 186 Å². The summed E-state index contributed by atoms with van der Waals surface area (Å²) in [5.74, 6) is -0.193. The minimum Gasteiger partial charge on any atom is -0.388 e. The second kappa shape index (κ2) is 8.43. The van der Waals surface area contributed by atoms with Gasteiger partial charge in [0.15, 0.2) is 0 Å². The average molecular weight is 450 g/mol. The first-order valence-corrected chi connectivity index (χ1v) is 11.3. The number of hydrogen-bond donors (Lipinski definition) is 2. The van der Waals surface area contributed by atoms with Crippen molar-refractivity contribution >= 4 is 34.3 Å². The van der Waals surface area contributed by atoms with Crippen molar-refractivity contribution in [1.29, 1.82) is 0 Å². The Bertz CT molecular complexity index is 1010. The summed E-state index contributed by atoms with van der Waals surface area (Å²) < 4.78 is 16.3. The first kappa shape index (κ1) is 22.1. The summed E-state index contributed by atoms with van der Waals surface area (Å²) in [7, 11) is 0. The lowest BCUT2D eigenvalue weighted by atomic mass is 9.77. The van der Waals surface area contributed by atoms with Crippen LogP contribution in [0.25, 0.3) is 10.9 Å². The van der Waals surface area contributed by atoms with E-state index < -0.39 is 11.3 Å². The summed E-state index contributed by atoms with van der Waals surface area (Å²) in [5.41, 5.74) is -1.45. The van der Waals surface area contributed by atoms with Crippen molar-refractivity contribution in [3.05, 3.63) is 35.0 Å². The van der Waals surface area contributed by atoms with Gasteiger partial charge in [-0.3, -0.25) is 9.59 Å². The fourth-order valence-corrected chi connectivity index (χ4v) is 5.25. The third-order valence-corrected chi connectivity index (χ3v) is 6.81. The van der Waals surface area contributed by atoms with Crippen LogP contribution in [0.2, 0.25) is 5.02 Å². The topological polar surface area (TPSA) is 74.6 Å². The molecule has 1 aromatic carbocycles. The standard InChI is InChI=1S/C23H29ClFN3O3/c1-22(25)8-4-9-23(31,14-22)15-26-21(30)16-13-28(12-11-27-10-3-7-19(27)29)18-6-2-5-17(24)20(16)18/h2,5-6,13,31H,3-4,7-12,14-15H2,1H3,(H,26,30)/t22?,23-/m0/s1. The number of carbonyl (C=O) groups is 2. The van der Waals surface area contributed by atoms with E-state index in [0.717, 1.165) is 18.5 Å². The lowest BCUT2D eigenvalue weighted by molar-refractivity contribution is -0.127. The number of halogens is 2. The van der Waals surface area contributed by atoms with Gasteiger partial charge in [0.2, 0.25) is 5.91 Å². The quantitative estimate of drug-likeness (QED) is 0.706. The molecule has 2 aromatic rings. The largest absolute Gasteiger partial charge is 0.388 e. The maximum Gasteiger partial charge on any atom is 0.253 e. The summed E-state index contributed by atoms with van der Waals surface area (Å²) in [4.78, 5) is 26.8. The first-order valence-electron chi connectivity index (χ1n) is 10.9. The highest BCUT2D eigenvalue weighted by atomic mass is 35.5. The van der Waals surface area contributed by atoms with Gasteiger partial charge in [0, 0.05) is 50.6 Å². The molecule has 4 rings (SSSR count). The lowest BCUT2D eigenvalue weighted by Crippen LogP contribution is -2.49. The second-order valence-corrected chi connectivity index (χ2v) is 9.61. The van der Waals surface area contributed by atoms with Crippen LogP contribution < -0.4 is 5.32 Å². The first-order chi connectivity index (χ1) is 14.7. The van der Waals surface area contributed by atoms with Crippen molar-refractivity contribution in [3.8, 4) is 0 Å². The van der Waals surface area contributed by atoms with E-state index in [1.807, 2.05) is 21.6 Å². The highest BCUT2D eigenvalue weighted by molar-refractivity contribution is 6.36. The van der Waals surface area contributed by atoms with E-state index in [1.54, 1.807) is 12.3 Å². The van der Waals surface area contributed by atoms with Crippen LogP contribution in [0, 0.1) is 0 Å². The van der Waals surface area contributed by atoms with Gasteiger partial charge in [-0.05, 0) is 44.7 Å². The molecule has 1 saturated carbocycles. The molecule has 1 saturated heterocycles. The van der Waals surface area contributed by atoms with E-state index >= 15 is 0 Å². The monoisotopic (exact) mass is 449 g/mol. The Morgan fingerprint density at radius 1 is 1.29 bits per heavy atom. The molecule has 8 heteroatoms. The van der Waals surface area contributed by atoms with Crippen LogP contribution in [0.3, 0.4) is 0 Å². The fraction of sp³-hybridized carbons (Fsp3) is 0.565. The summed E-state index contributed by atoms with van der Waals surface area (Å²) in [6.45, 7) is 3.38. The number of fused-ring (bicyclic) bond motifs is 1. The molecule has 2 atom stereocenters. The van der Waals surface area contributed by atoms with E-state index in [2.05, 4.69) is 5.32 Å². The van der Waals surface area contributed by atoms with Crippen molar-refractivity contribution in [2.45, 2.75) is 63.3 Å². The average Bonchev–Trinajstić information content (AvgIpc) is 3.28. The zero-order valence-electron chi connectivity index (χ0n) is 17.8. The third-order valence-electron chi connectivity index (χ3n) is 6.50. The van der Waals surface area contributed by atoms with Crippen molar-refractivity contribution in [2.24, 2.45) is 0 Å². The Morgan fingerprint density at radius 2 is 2.10 bits per heavy atom. The van der Waals surface area contributed by atoms with Gasteiger partial charge in [-0.2, -0.15) is 0 Å². The van der Waals surface area contributed by atoms with E-state index in [9.17, 15) is 19.1 Å². The summed E-state index contributed by atoms with van der Waals surface area (Å²) in [6.07, 6.45) is 4.69. The Hall–Kier alpha value is -2.12. The molecule has 1 aliphatic carbocycles. The molecule has 0 radical (unpaired) electrons. The van der Waals surface area contributed by atoms with Crippen LogP contribution >= 0.6 is 11.6 Å². The maximum absolute atomic E-state index is 14.4. The molecule has 1 aliphatic heterocycles. The molecule has 2 fully saturated rings. The zero-order chi connectivity index (χ0) is 22.2. The second-order valence-electron chi connectivity index (χ2n) is 9.21. The number of alkyl halides is 1. The van der Waals surface area contributed by atoms with Gasteiger partial charge in [-0.25, -0.2) is 4.39 Å². The third kappa shape index (κ3) is 4.72. The predicted molar refractivity (Wildman–Crippen MR) is 118 cm³/mol. The SMILES string of the molecule is CC1(F)CCC[C@@](O)(CNC(=O)c2cn(CCN3CCCC3=O)c3cccc(Cl)c23)C1. The number of nitrogens with one attached hydrogen (secondary N) is 1. The van der Waals surface area contributed by atoms with Gasteiger partial charge >= 0.3 is 0 Å². The molecular formula is C23H29ClFN3O3. The number of hydrogen-bond acceptors (Lipinski definition) is 3. The smallest absolute Gasteiger partial charge is 0.253 e. The van der Waals surface area contributed by atoms with Crippen molar-refractivity contribution in [1.82, 2.24) is 14.8 Å². The number of amides is 2. The molecule has 0 spiro atoms. The predicted octanol–water partition coefficient (Wildman–Crippen LogP) is 3.68. The van der Waals surface area contributed by atoms with Gasteiger partial charge in [0.25, 0.3) is 5.91 Å². The van der Waals surface area contributed by atoms with Gasteiger partial charge in [0.1, 0.15) is 5.67 Å². The molecular weight excluding hydrogens is 421 g/mol. The number of aromatic nitrogens is 1. The van der Waals surface area contributed by atoms with E-state index in [4.69, 9.17) is 11.6 Å². The van der Waals surface area contributed by atoms with Crippen LogP contribution in [0.1, 0.15) is 55.8 Å². The van der Waals surface area contributed by atoms with Crippen LogP contribution in [-0.4, -0.2) is 57.3 Å². The number of carbonyl (C=O) groups excluding carboxylic acids is 2. The maximum atomic E-state index is 14.4. The van der Waals surface area contributed by atoms with Crippen LogP contribution in [0.4, 0.5) is 4.39 Å². The molecule has 168 valence electrons. The number of benzene rings is 1. The number of aliphatic hydroxyl groups is 1. The molecule has 1 aromatic heterocycles.